The number of fused-ring (bicyclic) bond motifs is 1. The van der Waals surface area contributed by atoms with Crippen LogP contribution in [0.2, 0.25) is 0 Å². The Morgan fingerprint density at radius 1 is 1.40 bits per heavy atom. The van der Waals surface area contributed by atoms with Crippen LogP contribution in [0.4, 0.5) is 0 Å². The smallest absolute Gasteiger partial charge is 0.327 e. The number of rotatable bonds is 5. The number of imidazole rings is 1. The Morgan fingerprint density at radius 3 is 2.75 bits per heavy atom. The highest BCUT2D eigenvalue weighted by Gasteiger charge is 2.31. The lowest BCUT2D eigenvalue weighted by molar-refractivity contribution is -0.149. The molecule has 0 spiro atoms. The average Bonchev–Trinajstić information content (AvgIpc) is 2.77. The van der Waals surface area contributed by atoms with Gasteiger partial charge in [0.1, 0.15) is 11.4 Å². The molecule has 0 aliphatic carbocycles. The summed E-state index contributed by atoms with van der Waals surface area (Å²) in [6.07, 6.45) is 0.785. The van der Waals surface area contributed by atoms with Gasteiger partial charge in [0, 0.05) is 6.42 Å². The second-order valence-corrected chi connectivity index (χ2v) is 5.09. The number of carbonyl (C=O) groups excluding carboxylic acids is 1. The molecule has 0 aliphatic rings. The van der Waals surface area contributed by atoms with Gasteiger partial charge in [-0.15, -0.1) is 0 Å². The van der Waals surface area contributed by atoms with Crippen molar-refractivity contribution in [3.63, 3.8) is 0 Å². The van der Waals surface area contributed by atoms with E-state index in [0.717, 1.165) is 23.3 Å². The number of nitrogens with two attached hydrogens (primary N) is 1. The van der Waals surface area contributed by atoms with Gasteiger partial charge in [0.25, 0.3) is 0 Å². The van der Waals surface area contributed by atoms with E-state index in [2.05, 4.69) is 4.98 Å². The molecule has 0 saturated heterocycles. The molecule has 20 heavy (non-hydrogen) atoms. The fraction of sp³-hybridized carbons (Fsp3) is 0.467. The van der Waals surface area contributed by atoms with Crippen molar-refractivity contribution >= 4 is 17.0 Å². The van der Waals surface area contributed by atoms with Gasteiger partial charge < -0.3 is 15.0 Å². The highest BCUT2D eigenvalue weighted by atomic mass is 16.5. The first-order chi connectivity index (χ1) is 9.49. The fourth-order valence-electron chi connectivity index (χ4n) is 2.26. The Bertz CT molecular complexity index is 617. The van der Waals surface area contributed by atoms with Gasteiger partial charge in [0.05, 0.1) is 24.2 Å². The third-order valence-electron chi connectivity index (χ3n) is 3.28. The Kier molecular flexibility index (Phi) is 4.09. The molecule has 1 heterocycles. The molecule has 0 saturated carbocycles. The highest BCUT2D eigenvalue weighted by molar-refractivity contribution is 5.81. The molecular weight excluding hydrogens is 254 g/mol. The van der Waals surface area contributed by atoms with Crippen LogP contribution in [-0.4, -0.2) is 27.7 Å². The predicted molar refractivity (Wildman–Crippen MR) is 78.3 cm³/mol. The molecule has 108 valence electrons. The summed E-state index contributed by atoms with van der Waals surface area (Å²) in [6.45, 7) is 6.19. The van der Waals surface area contributed by atoms with Crippen LogP contribution in [0.5, 0.6) is 0 Å². The molecule has 5 heteroatoms. The van der Waals surface area contributed by atoms with Gasteiger partial charge in [-0.3, -0.25) is 0 Å². The van der Waals surface area contributed by atoms with E-state index < -0.39 is 5.54 Å². The molecule has 1 aromatic carbocycles. The van der Waals surface area contributed by atoms with Gasteiger partial charge in [0.2, 0.25) is 0 Å². The monoisotopic (exact) mass is 275 g/mol. The zero-order valence-electron chi connectivity index (χ0n) is 12.2. The Hall–Kier alpha value is -1.88. The van der Waals surface area contributed by atoms with E-state index in [1.165, 1.54) is 0 Å². The van der Waals surface area contributed by atoms with Gasteiger partial charge in [-0.1, -0.05) is 19.1 Å². The van der Waals surface area contributed by atoms with Crippen LogP contribution in [0.3, 0.4) is 0 Å². The summed E-state index contributed by atoms with van der Waals surface area (Å²) in [4.78, 5) is 16.5. The Morgan fingerprint density at radius 2 is 2.10 bits per heavy atom. The molecule has 2 aromatic rings. The SMILES string of the molecule is CCOC(=O)C(C)(N)Cn1c(CC)nc2ccccc21. The van der Waals surface area contributed by atoms with Gasteiger partial charge in [0.15, 0.2) is 0 Å². The Labute approximate surface area is 118 Å². The second-order valence-electron chi connectivity index (χ2n) is 5.09. The molecule has 5 nitrogen and oxygen atoms in total. The first-order valence-corrected chi connectivity index (χ1v) is 6.89. The van der Waals surface area contributed by atoms with Gasteiger partial charge >= 0.3 is 5.97 Å². The van der Waals surface area contributed by atoms with Crippen molar-refractivity contribution in [2.24, 2.45) is 5.73 Å². The number of para-hydroxylation sites is 2. The first kappa shape index (κ1) is 14.5. The van der Waals surface area contributed by atoms with Crippen molar-refractivity contribution in [3.8, 4) is 0 Å². The molecule has 1 atom stereocenters. The van der Waals surface area contributed by atoms with Crippen LogP contribution < -0.4 is 5.73 Å². The topological polar surface area (TPSA) is 70.1 Å². The van der Waals surface area contributed by atoms with Crippen LogP contribution >= 0.6 is 0 Å². The zero-order valence-corrected chi connectivity index (χ0v) is 12.2. The molecule has 0 bridgehead atoms. The van der Waals surface area contributed by atoms with E-state index in [9.17, 15) is 4.79 Å². The molecule has 2 N–H and O–H groups in total. The molecular formula is C15H21N3O2. The molecule has 0 amide bonds. The third kappa shape index (κ3) is 2.67. The lowest BCUT2D eigenvalue weighted by Crippen LogP contribution is -2.49. The summed E-state index contributed by atoms with van der Waals surface area (Å²) in [5.41, 5.74) is 6.97. The molecule has 0 aliphatic heterocycles. The lowest BCUT2D eigenvalue weighted by Gasteiger charge is -2.24. The number of carbonyl (C=O) groups is 1. The van der Waals surface area contributed by atoms with Gasteiger partial charge in [-0.25, -0.2) is 9.78 Å². The standard InChI is InChI=1S/C15H21N3O2/c1-4-13-17-11-8-6-7-9-12(11)18(13)10-15(3,16)14(19)20-5-2/h6-9H,4-5,10,16H2,1-3H3. The fourth-order valence-corrected chi connectivity index (χ4v) is 2.26. The molecule has 0 radical (unpaired) electrons. The number of benzene rings is 1. The normalized spacial score (nSPS) is 14.2. The van der Waals surface area contributed by atoms with E-state index in [-0.39, 0.29) is 5.97 Å². The van der Waals surface area contributed by atoms with Crippen LogP contribution in [0, 0.1) is 0 Å². The maximum atomic E-state index is 11.9. The molecule has 1 aromatic heterocycles. The number of hydrogen-bond acceptors (Lipinski definition) is 4. The minimum atomic E-state index is -1.07. The number of hydrogen-bond donors (Lipinski definition) is 1. The van der Waals surface area contributed by atoms with E-state index in [1.54, 1.807) is 13.8 Å². The molecule has 2 rings (SSSR count). The number of aromatic nitrogens is 2. The van der Waals surface area contributed by atoms with E-state index in [1.807, 2.05) is 35.8 Å². The van der Waals surface area contributed by atoms with Crippen molar-refractivity contribution in [3.05, 3.63) is 30.1 Å². The first-order valence-electron chi connectivity index (χ1n) is 6.89. The van der Waals surface area contributed by atoms with Crippen molar-refractivity contribution < 1.29 is 9.53 Å². The molecule has 1 unspecified atom stereocenters. The highest BCUT2D eigenvalue weighted by Crippen LogP contribution is 2.19. The third-order valence-corrected chi connectivity index (χ3v) is 3.28. The average molecular weight is 275 g/mol. The maximum absolute atomic E-state index is 11.9. The van der Waals surface area contributed by atoms with E-state index >= 15 is 0 Å². The second kappa shape index (κ2) is 5.63. The summed E-state index contributed by atoms with van der Waals surface area (Å²) < 4.78 is 7.05. The van der Waals surface area contributed by atoms with Gasteiger partial charge in [-0.05, 0) is 26.0 Å². The summed E-state index contributed by atoms with van der Waals surface area (Å²) in [5, 5.41) is 0. The van der Waals surface area contributed by atoms with E-state index in [0.29, 0.717) is 13.2 Å². The lowest BCUT2D eigenvalue weighted by atomic mass is 10.0. The number of aryl methyl sites for hydroxylation is 1. The van der Waals surface area contributed by atoms with Crippen LogP contribution in [0.1, 0.15) is 26.6 Å². The largest absolute Gasteiger partial charge is 0.465 e. The minimum absolute atomic E-state index is 0.330. The van der Waals surface area contributed by atoms with E-state index in [4.69, 9.17) is 10.5 Å². The van der Waals surface area contributed by atoms with Crippen molar-refractivity contribution in [1.29, 1.82) is 0 Å². The number of ether oxygens (including phenoxy) is 1. The summed E-state index contributed by atoms with van der Waals surface area (Å²) in [6, 6.07) is 7.86. The predicted octanol–water partition coefficient (Wildman–Crippen LogP) is 1.88. The zero-order chi connectivity index (χ0) is 14.8. The molecule has 0 fully saturated rings. The maximum Gasteiger partial charge on any atom is 0.327 e. The quantitative estimate of drug-likeness (QED) is 0.846. The Balaban J connectivity index is 2.39. The van der Waals surface area contributed by atoms with Gasteiger partial charge in [-0.2, -0.15) is 0 Å². The van der Waals surface area contributed by atoms with Crippen molar-refractivity contribution in [1.82, 2.24) is 9.55 Å². The van der Waals surface area contributed by atoms with Crippen LogP contribution in [-0.2, 0) is 22.5 Å². The minimum Gasteiger partial charge on any atom is -0.465 e. The van der Waals surface area contributed by atoms with Crippen molar-refractivity contribution in [2.75, 3.05) is 6.61 Å². The number of nitrogens with zero attached hydrogens (tertiary/aromatic N) is 2. The summed E-state index contributed by atoms with van der Waals surface area (Å²) in [7, 11) is 0. The summed E-state index contributed by atoms with van der Waals surface area (Å²) in [5.74, 6) is 0.534. The van der Waals surface area contributed by atoms with Crippen molar-refractivity contribution in [2.45, 2.75) is 39.3 Å². The van der Waals surface area contributed by atoms with Crippen LogP contribution in [0.25, 0.3) is 11.0 Å². The summed E-state index contributed by atoms with van der Waals surface area (Å²) >= 11 is 0. The number of esters is 1. The van der Waals surface area contributed by atoms with Crippen LogP contribution in [0.15, 0.2) is 24.3 Å².